The maximum absolute atomic E-state index is 12.2. The standard InChI is InChI=1S/C15H22N4O3/c16-6-5-14(20)19-7-1-2-11(9-19)17-15(21)12-8-13(22-18-12)10-3-4-10/h8,10-11H,1-7,9,16H2,(H,17,21). The number of aromatic nitrogens is 1. The van der Waals surface area contributed by atoms with Crippen molar-refractivity contribution < 1.29 is 14.1 Å². The highest BCUT2D eigenvalue weighted by molar-refractivity contribution is 5.92. The van der Waals surface area contributed by atoms with Crippen LogP contribution in [-0.2, 0) is 4.79 Å². The molecule has 1 aliphatic heterocycles. The molecule has 0 bridgehead atoms. The van der Waals surface area contributed by atoms with E-state index in [2.05, 4.69) is 10.5 Å². The van der Waals surface area contributed by atoms with Gasteiger partial charge in [0.2, 0.25) is 5.91 Å². The van der Waals surface area contributed by atoms with Crippen LogP contribution >= 0.6 is 0 Å². The number of nitrogens with two attached hydrogens (primary N) is 1. The third-order valence-electron chi connectivity index (χ3n) is 4.21. The number of likely N-dealkylation sites (tertiary alicyclic amines) is 1. The first kappa shape index (κ1) is 15.0. The van der Waals surface area contributed by atoms with E-state index in [1.54, 1.807) is 11.0 Å². The van der Waals surface area contributed by atoms with E-state index in [1.165, 1.54) is 0 Å². The van der Waals surface area contributed by atoms with Gasteiger partial charge in [0.1, 0.15) is 5.76 Å². The molecule has 3 rings (SSSR count). The van der Waals surface area contributed by atoms with Crippen LogP contribution in [0.4, 0.5) is 0 Å². The van der Waals surface area contributed by atoms with Crippen LogP contribution in [0.25, 0.3) is 0 Å². The second kappa shape index (κ2) is 6.48. The Bertz CT molecular complexity index is 553. The second-order valence-electron chi connectivity index (χ2n) is 6.08. The van der Waals surface area contributed by atoms with Gasteiger partial charge >= 0.3 is 0 Å². The summed E-state index contributed by atoms with van der Waals surface area (Å²) in [4.78, 5) is 25.9. The van der Waals surface area contributed by atoms with Crippen LogP contribution in [0.15, 0.2) is 10.6 Å². The molecule has 2 amide bonds. The predicted octanol–water partition coefficient (Wildman–Crippen LogP) is 0.622. The van der Waals surface area contributed by atoms with Crippen molar-refractivity contribution in [2.24, 2.45) is 5.73 Å². The Labute approximate surface area is 129 Å². The number of hydrogen-bond donors (Lipinski definition) is 2. The quantitative estimate of drug-likeness (QED) is 0.830. The summed E-state index contributed by atoms with van der Waals surface area (Å²) in [5.74, 6) is 1.06. The first-order chi connectivity index (χ1) is 10.7. The van der Waals surface area contributed by atoms with Gasteiger partial charge in [-0.25, -0.2) is 0 Å². The molecule has 1 saturated carbocycles. The van der Waals surface area contributed by atoms with Crippen molar-refractivity contribution in [3.05, 3.63) is 17.5 Å². The maximum atomic E-state index is 12.2. The smallest absolute Gasteiger partial charge is 0.273 e. The Kier molecular flexibility index (Phi) is 4.42. The third kappa shape index (κ3) is 3.47. The zero-order valence-corrected chi connectivity index (χ0v) is 12.6. The molecular weight excluding hydrogens is 284 g/mol. The van der Waals surface area contributed by atoms with Gasteiger partial charge in [-0.3, -0.25) is 9.59 Å². The Morgan fingerprint density at radius 3 is 2.95 bits per heavy atom. The summed E-state index contributed by atoms with van der Waals surface area (Å²) in [6.45, 7) is 1.63. The van der Waals surface area contributed by atoms with Crippen LogP contribution in [0.5, 0.6) is 0 Å². The fraction of sp³-hybridized carbons (Fsp3) is 0.667. The normalized spacial score (nSPS) is 21.7. The molecule has 0 spiro atoms. The molecular formula is C15H22N4O3. The van der Waals surface area contributed by atoms with Crippen molar-refractivity contribution in [1.82, 2.24) is 15.4 Å². The SMILES string of the molecule is NCCC(=O)N1CCCC(NC(=O)c2cc(C3CC3)on2)C1. The van der Waals surface area contributed by atoms with Gasteiger partial charge in [0.25, 0.3) is 5.91 Å². The molecule has 2 fully saturated rings. The molecule has 22 heavy (non-hydrogen) atoms. The van der Waals surface area contributed by atoms with Crippen molar-refractivity contribution in [2.45, 2.75) is 44.1 Å². The van der Waals surface area contributed by atoms with Crippen LogP contribution < -0.4 is 11.1 Å². The van der Waals surface area contributed by atoms with E-state index in [1.807, 2.05) is 0 Å². The number of carbonyl (C=O) groups is 2. The van der Waals surface area contributed by atoms with Crippen LogP contribution in [0, 0.1) is 0 Å². The Balaban J connectivity index is 1.54. The number of nitrogens with zero attached hydrogens (tertiary/aromatic N) is 2. The second-order valence-corrected chi connectivity index (χ2v) is 6.08. The minimum atomic E-state index is -0.228. The van der Waals surface area contributed by atoms with E-state index in [0.717, 1.165) is 38.0 Å². The van der Waals surface area contributed by atoms with Crippen molar-refractivity contribution in [1.29, 1.82) is 0 Å². The fourth-order valence-corrected chi connectivity index (χ4v) is 2.82. The number of nitrogens with one attached hydrogen (secondary N) is 1. The summed E-state index contributed by atoms with van der Waals surface area (Å²) in [5, 5.41) is 6.79. The average Bonchev–Trinajstić information content (AvgIpc) is 3.25. The number of amides is 2. The number of hydrogen-bond acceptors (Lipinski definition) is 5. The van der Waals surface area contributed by atoms with E-state index in [4.69, 9.17) is 10.3 Å². The molecule has 1 aromatic heterocycles. The lowest BCUT2D eigenvalue weighted by atomic mass is 10.0. The highest BCUT2D eigenvalue weighted by atomic mass is 16.5. The van der Waals surface area contributed by atoms with E-state index in [0.29, 0.717) is 31.1 Å². The number of piperidine rings is 1. The summed E-state index contributed by atoms with van der Waals surface area (Å²) in [6.07, 6.45) is 4.32. The summed E-state index contributed by atoms with van der Waals surface area (Å²) < 4.78 is 5.20. The lowest BCUT2D eigenvalue weighted by molar-refractivity contribution is -0.132. The van der Waals surface area contributed by atoms with Gasteiger partial charge in [0.15, 0.2) is 5.69 Å². The van der Waals surface area contributed by atoms with Gasteiger partial charge in [-0.2, -0.15) is 0 Å². The van der Waals surface area contributed by atoms with Crippen LogP contribution in [0.2, 0.25) is 0 Å². The van der Waals surface area contributed by atoms with Crippen molar-refractivity contribution in [2.75, 3.05) is 19.6 Å². The molecule has 7 nitrogen and oxygen atoms in total. The van der Waals surface area contributed by atoms with Crippen molar-refractivity contribution in [3.63, 3.8) is 0 Å². The molecule has 1 unspecified atom stereocenters. The first-order valence-electron chi connectivity index (χ1n) is 7.92. The highest BCUT2D eigenvalue weighted by Crippen LogP contribution is 2.40. The molecule has 7 heteroatoms. The molecule has 1 atom stereocenters. The van der Waals surface area contributed by atoms with E-state index >= 15 is 0 Å². The van der Waals surface area contributed by atoms with Crippen LogP contribution in [0.3, 0.4) is 0 Å². The van der Waals surface area contributed by atoms with Gasteiger partial charge in [0.05, 0.1) is 0 Å². The minimum absolute atomic E-state index is 0.0379. The third-order valence-corrected chi connectivity index (χ3v) is 4.21. The molecule has 2 heterocycles. The van der Waals surface area contributed by atoms with Crippen LogP contribution in [0.1, 0.15) is 54.3 Å². The lowest BCUT2D eigenvalue weighted by Crippen LogP contribution is -2.49. The highest BCUT2D eigenvalue weighted by Gasteiger charge is 2.30. The fourth-order valence-electron chi connectivity index (χ4n) is 2.82. The number of carbonyl (C=O) groups excluding carboxylic acids is 2. The molecule has 3 N–H and O–H groups in total. The van der Waals surface area contributed by atoms with Gasteiger partial charge < -0.3 is 20.5 Å². The largest absolute Gasteiger partial charge is 0.360 e. The van der Waals surface area contributed by atoms with Gasteiger partial charge in [0, 0.05) is 44.1 Å². The minimum Gasteiger partial charge on any atom is -0.360 e. The van der Waals surface area contributed by atoms with Gasteiger partial charge in [-0.15, -0.1) is 0 Å². The Morgan fingerprint density at radius 2 is 2.23 bits per heavy atom. The maximum Gasteiger partial charge on any atom is 0.273 e. The van der Waals surface area contributed by atoms with Crippen molar-refractivity contribution >= 4 is 11.8 Å². The van der Waals surface area contributed by atoms with E-state index < -0.39 is 0 Å². The van der Waals surface area contributed by atoms with Crippen LogP contribution in [-0.4, -0.2) is 47.5 Å². The molecule has 1 aromatic rings. The zero-order chi connectivity index (χ0) is 15.5. The topological polar surface area (TPSA) is 101 Å². The summed E-state index contributed by atoms with van der Waals surface area (Å²) in [5.41, 5.74) is 5.75. The predicted molar refractivity (Wildman–Crippen MR) is 79.2 cm³/mol. The lowest BCUT2D eigenvalue weighted by Gasteiger charge is -2.33. The van der Waals surface area contributed by atoms with Gasteiger partial charge in [-0.1, -0.05) is 5.16 Å². The van der Waals surface area contributed by atoms with E-state index in [9.17, 15) is 9.59 Å². The molecule has 1 aliphatic carbocycles. The summed E-state index contributed by atoms with van der Waals surface area (Å²) >= 11 is 0. The Morgan fingerprint density at radius 1 is 1.41 bits per heavy atom. The molecule has 0 radical (unpaired) electrons. The van der Waals surface area contributed by atoms with Gasteiger partial charge in [-0.05, 0) is 25.7 Å². The van der Waals surface area contributed by atoms with Crippen molar-refractivity contribution in [3.8, 4) is 0 Å². The molecule has 2 aliphatic rings. The summed E-state index contributed by atoms with van der Waals surface area (Å²) in [6, 6.07) is 1.69. The molecule has 120 valence electrons. The first-order valence-corrected chi connectivity index (χ1v) is 7.92. The molecule has 1 saturated heterocycles. The monoisotopic (exact) mass is 306 g/mol. The molecule has 0 aromatic carbocycles. The summed E-state index contributed by atoms with van der Waals surface area (Å²) in [7, 11) is 0. The zero-order valence-electron chi connectivity index (χ0n) is 12.6. The van der Waals surface area contributed by atoms with E-state index in [-0.39, 0.29) is 17.9 Å². The average molecular weight is 306 g/mol. The Hall–Kier alpha value is -1.89. The number of rotatable bonds is 5.